The van der Waals surface area contributed by atoms with Crippen molar-refractivity contribution in [3.05, 3.63) is 40.9 Å². The highest BCUT2D eigenvalue weighted by Gasteiger charge is 2.26. The fourth-order valence-electron chi connectivity index (χ4n) is 2.02. The van der Waals surface area contributed by atoms with Crippen molar-refractivity contribution in [1.82, 2.24) is 4.98 Å². The summed E-state index contributed by atoms with van der Waals surface area (Å²) in [5.74, 6) is 0.781. The lowest BCUT2D eigenvalue weighted by molar-refractivity contribution is -0.118. The van der Waals surface area contributed by atoms with Gasteiger partial charge in [-0.25, -0.2) is 4.98 Å². The number of thiazole rings is 1. The van der Waals surface area contributed by atoms with Crippen molar-refractivity contribution in [2.45, 2.75) is 25.7 Å². The van der Waals surface area contributed by atoms with Gasteiger partial charge < -0.3 is 4.74 Å². The maximum absolute atomic E-state index is 11.9. The number of carbonyl (C=O) groups is 2. The highest BCUT2D eigenvalue weighted by atomic mass is 32.1. The summed E-state index contributed by atoms with van der Waals surface area (Å²) in [6.45, 7) is 1.38. The van der Waals surface area contributed by atoms with Gasteiger partial charge in [0.05, 0.1) is 5.69 Å². The predicted octanol–water partition coefficient (Wildman–Crippen LogP) is 3.24. The molecule has 1 amide bonds. The number of ether oxygens (including phenoxy) is 1. The second kappa shape index (κ2) is 6.27. The number of Topliss-reactive ketones (excluding diaryl/α,β-unsaturated/α-hetero) is 1. The maximum Gasteiger partial charge on any atom is 0.264 e. The van der Waals surface area contributed by atoms with E-state index in [9.17, 15) is 9.59 Å². The van der Waals surface area contributed by atoms with E-state index in [-0.39, 0.29) is 18.3 Å². The van der Waals surface area contributed by atoms with Gasteiger partial charge in [-0.1, -0.05) is 12.1 Å². The zero-order chi connectivity index (χ0) is 15.5. The quantitative estimate of drug-likeness (QED) is 0.831. The summed E-state index contributed by atoms with van der Waals surface area (Å²) in [6, 6.07) is 6.79. The van der Waals surface area contributed by atoms with Gasteiger partial charge in [0.25, 0.3) is 5.91 Å². The van der Waals surface area contributed by atoms with Crippen LogP contribution in [0, 0.1) is 0 Å². The molecular weight excluding hydrogens is 300 g/mol. The van der Waals surface area contributed by atoms with Gasteiger partial charge in [0.2, 0.25) is 0 Å². The number of anilines is 1. The molecule has 1 aliphatic rings. The molecule has 22 heavy (non-hydrogen) atoms. The van der Waals surface area contributed by atoms with Gasteiger partial charge in [0.1, 0.15) is 5.75 Å². The smallest absolute Gasteiger partial charge is 0.264 e. The molecule has 1 aromatic heterocycles. The summed E-state index contributed by atoms with van der Waals surface area (Å²) in [6.07, 6.45) is 2.37. The Morgan fingerprint density at radius 2 is 2.23 bits per heavy atom. The zero-order valence-corrected chi connectivity index (χ0v) is 13.0. The Balaban J connectivity index is 1.53. The van der Waals surface area contributed by atoms with E-state index in [0.717, 1.165) is 5.69 Å². The van der Waals surface area contributed by atoms with Crippen molar-refractivity contribution >= 4 is 28.2 Å². The molecule has 0 radical (unpaired) electrons. The van der Waals surface area contributed by atoms with Crippen LogP contribution in [0.2, 0.25) is 0 Å². The molecule has 0 saturated heterocycles. The fraction of sp³-hybridized carbons (Fsp3) is 0.312. The minimum absolute atomic E-state index is 0.0368. The molecule has 114 valence electrons. The van der Waals surface area contributed by atoms with Crippen molar-refractivity contribution in [3.63, 3.8) is 0 Å². The zero-order valence-electron chi connectivity index (χ0n) is 12.2. The lowest BCUT2D eigenvalue weighted by Gasteiger charge is -2.06. The fourth-order valence-corrected chi connectivity index (χ4v) is 2.83. The molecule has 0 unspecified atom stereocenters. The number of nitrogens with one attached hydrogen (secondary N) is 1. The second-order valence-electron chi connectivity index (χ2n) is 5.27. The van der Waals surface area contributed by atoms with Gasteiger partial charge in [0, 0.05) is 16.9 Å². The van der Waals surface area contributed by atoms with Crippen molar-refractivity contribution in [1.29, 1.82) is 0 Å². The topological polar surface area (TPSA) is 68.3 Å². The Morgan fingerprint density at radius 3 is 2.95 bits per heavy atom. The van der Waals surface area contributed by atoms with E-state index < -0.39 is 0 Å². The van der Waals surface area contributed by atoms with E-state index in [4.69, 9.17) is 4.74 Å². The lowest BCUT2D eigenvalue weighted by Crippen LogP contribution is -2.20. The normalized spacial score (nSPS) is 13.7. The third kappa shape index (κ3) is 3.71. The summed E-state index contributed by atoms with van der Waals surface area (Å²) in [5, 5.41) is 5.32. The summed E-state index contributed by atoms with van der Waals surface area (Å²) >= 11 is 1.43. The van der Waals surface area contributed by atoms with Crippen molar-refractivity contribution in [2.75, 3.05) is 11.9 Å². The molecule has 0 spiro atoms. The number of rotatable bonds is 6. The van der Waals surface area contributed by atoms with Gasteiger partial charge in [-0.3, -0.25) is 14.9 Å². The molecule has 0 atom stereocenters. The number of hydrogen-bond acceptors (Lipinski definition) is 5. The predicted molar refractivity (Wildman–Crippen MR) is 84.7 cm³/mol. The molecule has 3 rings (SSSR count). The average molecular weight is 316 g/mol. The first kappa shape index (κ1) is 14.7. The Bertz CT molecular complexity index is 707. The molecule has 0 bridgehead atoms. The molecular formula is C16H16N2O3S. The summed E-state index contributed by atoms with van der Waals surface area (Å²) in [5.41, 5.74) is 1.63. The summed E-state index contributed by atoms with van der Waals surface area (Å²) in [4.78, 5) is 27.6. The van der Waals surface area contributed by atoms with Crippen molar-refractivity contribution in [3.8, 4) is 5.75 Å². The highest BCUT2D eigenvalue weighted by Crippen LogP contribution is 2.40. The Morgan fingerprint density at radius 1 is 1.41 bits per heavy atom. The first-order chi connectivity index (χ1) is 10.6. The molecule has 0 aliphatic heterocycles. The molecule has 1 heterocycles. The van der Waals surface area contributed by atoms with Crippen molar-refractivity contribution < 1.29 is 14.3 Å². The molecule has 2 aromatic rings. The second-order valence-corrected chi connectivity index (χ2v) is 6.13. The van der Waals surface area contributed by atoms with Crippen LogP contribution in [0.1, 0.15) is 41.7 Å². The van der Waals surface area contributed by atoms with E-state index >= 15 is 0 Å². The lowest BCUT2D eigenvalue weighted by atomic mass is 10.1. The number of benzene rings is 1. The molecule has 1 fully saturated rings. The average Bonchev–Trinajstić information content (AvgIpc) is 3.26. The van der Waals surface area contributed by atoms with E-state index in [1.54, 1.807) is 24.3 Å². The number of nitrogens with zero attached hydrogens (tertiary/aromatic N) is 1. The van der Waals surface area contributed by atoms with Crippen LogP contribution in [0.25, 0.3) is 0 Å². The van der Waals surface area contributed by atoms with E-state index in [1.807, 2.05) is 5.38 Å². The summed E-state index contributed by atoms with van der Waals surface area (Å²) in [7, 11) is 0. The van der Waals surface area contributed by atoms with Crippen LogP contribution in [0.4, 0.5) is 5.13 Å². The van der Waals surface area contributed by atoms with Crippen LogP contribution in [-0.4, -0.2) is 23.3 Å². The van der Waals surface area contributed by atoms with Crippen LogP contribution in [0.5, 0.6) is 5.75 Å². The van der Waals surface area contributed by atoms with Crippen LogP contribution in [0.3, 0.4) is 0 Å². The largest absolute Gasteiger partial charge is 0.484 e. The van der Waals surface area contributed by atoms with Gasteiger partial charge in [-0.15, -0.1) is 11.3 Å². The first-order valence-corrected chi connectivity index (χ1v) is 7.99. The van der Waals surface area contributed by atoms with Gasteiger partial charge >= 0.3 is 0 Å². The number of aromatic nitrogens is 1. The number of amides is 1. The van der Waals surface area contributed by atoms with Crippen LogP contribution in [0.15, 0.2) is 29.6 Å². The Hall–Kier alpha value is -2.21. The Labute approximate surface area is 132 Å². The van der Waals surface area contributed by atoms with Gasteiger partial charge in [0.15, 0.2) is 17.5 Å². The van der Waals surface area contributed by atoms with Crippen LogP contribution < -0.4 is 10.1 Å². The highest BCUT2D eigenvalue weighted by molar-refractivity contribution is 7.13. The van der Waals surface area contributed by atoms with Crippen LogP contribution in [-0.2, 0) is 4.79 Å². The van der Waals surface area contributed by atoms with Gasteiger partial charge in [-0.2, -0.15) is 0 Å². The monoisotopic (exact) mass is 316 g/mol. The SMILES string of the molecule is CC(=O)c1cccc(OCC(=O)Nc2nc(C3CC3)cs2)c1. The van der Waals surface area contributed by atoms with E-state index in [0.29, 0.717) is 22.4 Å². The van der Waals surface area contributed by atoms with Gasteiger partial charge in [-0.05, 0) is 31.9 Å². The number of hydrogen-bond donors (Lipinski definition) is 1. The number of ketones is 1. The molecule has 6 heteroatoms. The third-order valence-electron chi connectivity index (χ3n) is 3.37. The Kier molecular flexibility index (Phi) is 4.20. The van der Waals surface area contributed by atoms with E-state index in [1.165, 1.54) is 31.1 Å². The molecule has 1 saturated carbocycles. The molecule has 5 nitrogen and oxygen atoms in total. The number of carbonyl (C=O) groups excluding carboxylic acids is 2. The van der Waals surface area contributed by atoms with E-state index in [2.05, 4.69) is 10.3 Å². The minimum atomic E-state index is -0.259. The van der Waals surface area contributed by atoms with Crippen LogP contribution >= 0.6 is 11.3 Å². The molecule has 1 aromatic carbocycles. The molecule has 1 N–H and O–H groups in total. The van der Waals surface area contributed by atoms with Crippen molar-refractivity contribution in [2.24, 2.45) is 0 Å². The first-order valence-electron chi connectivity index (χ1n) is 7.11. The molecule has 1 aliphatic carbocycles. The summed E-state index contributed by atoms with van der Waals surface area (Å²) < 4.78 is 5.41. The third-order valence-corrected chi connectivity index (χ3v) is 4.15. The maximum atomic E-state index is 11.9. The minimum Gasteiger partial charge on any atom is -0.484 e. The standard InChI is InChI=1S/C16H16N2O3S/c1-10(19)12-3-2-4-13(7-12)21-8-15(20)18-16-17-14(9-22-16)11-5-6-11/h2-4,7,9,11H,5-6,8H2,1H3,(H,17,18,20).